The Morgan fingerprint density at radius 2 is 2.25 bits per heavy atom. The molecule has 6 heteroatoms. The van der Waals surface area contributed by atoms with Crippen LogP contribution in [0.15, 0.2) is 29.3 Å². The van der Waals surface area contributed by atoms with E-state index in [0.717, 1.165) is 0 Å². The normalized spacial score (nSPS) is 10.6. The Bertz CT molecular complexity index is 522. The van der Waals surface area contributed by atoms with Crippen LogP contribution in [0.25, 0.3) is 0 Å². The van der Waals surface area contributed by atoms with Crippen molar-refractivity contribution in [1.82, 2.24) is 10.6 Å². The Hall–Kier alpha value is -2.55. The smallest absolute Gasteiger partial charge is 0.246 e. The molecule has 0 aliphatic carbocycles. The lowest BCUT2D eigenvalue weighted by Crippen LogP contribution is -2.38. The molecule has 0 spiro atoms. The molecule has 0 radical (unpaired) electrons. The Morgan fingerprint density at radius 1 is 1.45 bits per heavy atom. The van der Waals surface area contributed by atoms with E-state index in [0.29, 0.717) is 24.7 Å². The zero-order valence-electron chi connectivity index (χ0n) is 11.2. The van der Waals surface area contributed by atoms with Crippen LogP contribution in [0.3, 0.4) is 0 Å². The van der Waals surface area contributed by atoms with Gasteiger partial charge < -0.3 is 16.0 Å². The first kappa shape index (κ1) is 15.5. The summed E-state index contributed by atoms with van der Waals surface area (Å²) in [5.41, 5.74) is 0.395. The number of halogens is 1. The fraction of sp³-hybridized carbons (Fsp3) is 0.286. The molecule has 0 fully saturated rings. The lowest BCUT2D eigenvalue weighted by Gasteiger charge is -2.09. The maximum absolute atomic E-state index is 13.0. The van der Waals surface area contributed by atoms with Crippen LogP contribution in [0.5, 0.6) is 0 Å². The largest absolute Gasteiger partial charge is 0.357 e. The van der Waals surface area contributed by atoms with Crippen molar-refractivity contribution in [2.45, 2.75) is 6.92 Å². The summed E-state index contributed by atoms with van der Waals surface area (Å²) in [4.78, 5) is 15.7. The van der Waals surface area contributed by atoms with E-state index in [1.54, 1.807) is 6.07 Å². The van der Waals surface area contributed by atoms with Crippen molar-refractivity contribution in [3.8, 4) is 12.3 Å². The second kappa shape index (κ2) is 8.53. The molecule has 0 aromatic heterocycles. The molecular formula is C14H17FN4O. The summed E-state index contributed by atoms with van der Waals surface area (Å²) in [6.45, 7) is 2.79. The number of terminal acetylenes is 1. The van der Waals surface area contributed by atoms with Crippen LogP contribution < -0.4 is 16.0 Å². The van der Waals surface area contributed by atoms with Gasteiger partial charge in [-0.15, -0.1) is 6.42 Å². The van der Waals surface area contributed by atoms with Gasteiger partial charge in [0.05, 0.1) is 6.54 Å². The molecular weight excluding hydrogens is 259 g/mol. The van der Waals surface area contributed by atoms with E-state index >= 15 is 0 Å². The van der Waals surface area contributed by atoms with E-state index in [-0.39, 0.29) is 12.5 Å². The summed E-state index contributed by atoms with van der Waals surface area (Å²) in [7, 11) is 0. The lowest BCUT2D eigenvalue weighted by molar-refractivity contribution is -0.114. The molecule has 1 rings (SSSR count). The fourth-order valence-electron chi connectivity index (χ4n) is 1.39. The van der Waals surface area contributed by atoms with Gasteiger partial charge in [0.25, 0.3) is 0 Å². The maximum Gasteiger partial charge on any atom is 0.246 e. The van der Waals surface area contributed by atoms with E-state index in [4.69, 9.17) is 6.42 Å². The monoisotopic (exact) mass is 276 g/mol. The molecule has 3 N–H and O–H groups in total. The van der Waals surface area contributed by atoms with Crippen molar-refractivity contribution < 1.29 is 9.18 Å². The Balaban J connectivity index is 2.53. The van der Waals surface area contributed by atoms with Gasteiger partial charge in [-0.2, -0.15) is 0 Å². The van der Waals surface area contributed by atoms with E-state index in [9.17, 15) is 9.18 Å². The number of hydrogen-bond donors (Lipinski definition) is 3. The molecule has 1 aromatic rings. The van der Waals surface area contributed by atoms with E-state index < -0.39 is 5.82 Å². The third-order valence-corrected chi connectivity index (χ3v) is 2.19. The summed E-state index contributed by atoms with van der Waals surface area (Å²) in [6.07, 6.45) is 5.14. The summed E-state index contributed by atoms with van der Waals surface area (Å²) in [5.74, 6) is 2.13. The van der Waals surface area contributed by atoms with Gasteiger partial charge >= 0.3 is 0 Å². The van der Waals surface area contributed by atoms with Gasteiger partial charge in [0.15, 0.2) is 5.96 Å². The summed E-state index contributed by atoms with van der Waals surface area (Å²) in [5, 5.41) is 8.36. The molecule has 0 atom stereocenters. The van der Waals surface area contributed by atoms with E-state index in [2.05, 4.69) is 26.9 Å². The van der Waals surface area contributed by atoms with Crippen molar-refractivity contribution in [2.24, 2.45) is 4.99 Å². The highest BCUT2D eigenvalue weighted by atomic mass is 19.1. The van der Waals surface area contributed by atoms with Gasteiger partial charge in [-0.3, -0.25) is 4.79 Å². The predicted octanol–water partition coefficient (Wildman–Crippen LogP) is 0.952. The molecule has 1 amide bonds. The molecule has 0 saturated carbocycles. The third-order valence-electron chi connectivity index (χ3n) is 2.19. The molecule has 20 heavy (non-hydrogen) atoms. The highest BCUT2D eigenvalue weighted by Crippen LogP contribution is 2.08. The van der Waals surface area contributed by atoms with Crippen LogP contribution in [-0.4, -0.2) is 31.5 Å². The van der Waals surface area contributed by atoms with E-state index in [1.165, 1.54) is 18.2 Å². The number of nitrogens with one attached hydrogen (secondary N) is 3. The number of benzene rings is 1. The van der Waals surface area contributed by atoms with Gasteiger partial charge in [-0.05, 0) is 25.1 Å². The average Bonchev–Trinajstić information content (AvgIpc) is 2.42. The Kier molecular flexibility index (Phi) is 6.62. The topological polar surface area (TPSA) is 65.5 Å². The van der Waals surface area contributed by atoms with Gasteiger partial charge in [-0.25, -0.2) is 9.38 Å². The molecule has 0 saturated heterocycles. The fourth-order valence-corrected chi connectivity index (χ4v) is 1.39. The molecule has 0 unspecified atom stereocenters. The van der Waals surface area contributed by atoms with Crippen LogP contribution in [-0.2, 0) is 4.79 Å². The van der Waals surface area contributed by atoms with Crippen molar-refractivity contribution in [2.75, 3.05) is 25.0 Å². The molecule has 0 bridgehead atoms. The molecule has 0 aliphatic heterocycles. The lowest BCUT2D eigenvalue weighted by atomic mass is 10.3. The second-order valence-electron chi connectivity index (χ2n) is 3.81. The number of rotatable bonds is 5. The number of carbonyl (C=O) groups excluding carboxylic acids is 1. The van der Waals surface area contributed by atoms with E-state index in [1.807, 2.05) is 6.92 Å². The number of guanidine groups is 1. The van der Waals surface area contributed by atoms with Crippen LogP contribution in [0.1, 0.15) is 6.92 Å². The number of hydrogen-bond acceptors (Lipinski definition) is 2. The molecule has 1 aromatic carbocycles. The van der Waals surface area contributed by atoms with Crippen LogP contribution in [0.4, 0.5) is 10.1 Å². The van der Waals surface area contributed by atoms with Gasteiger partial charge in [-0.1, -0.05) is 12.0 Å². The number of anilines is 1. The molecule has 0 aliphatic rings. The first-order valence-corrected chi connectivity index (χ1v) is 6.16. The minimum Gasteiger partial charge on any atom is -0.357 e. The highest BCUT2D eigenvalue weighted by molar-refractivity contribution is 5.94. The van der Waals surface area contributed by atoms with Crippen molar-refractivity contribution >= 4 is 17.6 Å². The number of amides is 1. The Morgan fingerprint density at radius 3 is 2.90 bits per heavy atom. The van der Waals surface area contributed by atoms with Crippen molar-refractivity contribution in [3.63, 3.8) is 0 Å². The number of nitrogens with zero attached hydrogens (tertiary/aromatic N) is 1. The minimum absolute atomic E-state index is 0.0869. The first-order chi connectivity index (χ1) is 9.65. The van der Waals surface area contributed by atoms with Crippen LogP contribution >= 0.6 is 0 Å². The SMILES string of the molecule is C#CCNC(=NCC(=O)Nc1cccc(F)c1)NCC. The number of aliphatic imine (C=N–C) groups is 1. The van der Waals surface area contributed by atoms with Gasteiger partial charge in [0.2, 0.25) is 5.91 Å². The molecule has 5 nitrogen and oxygen atoms in total. The number of carbonyl (C=O) groups is 1. The zero-order valence-corrected chi connectivity index (χ0v) is 11.2. The summed E-state index contributed by atoms with van der Waals surface area (Å²) < 4.78 is 13.0. The minimum atomic E-state index is -0.407. The predicted molar refractivity (Wildman–Crippen MR) is 77.8 cm³/mol. The maximum atomic E-state index is 13.0. The Labute approximate surface area is 117 Å². The highest BCUT2D eigenvalue weighted by Gasteiger charge is 2.03. The second-order valence-corrected chi connectivity index (χ2v) is 3.81. The van der Waals surface area contributed by atoms with Crippen LogP contribution in [0.2, 0.25) is 0 Å². The summed E-state index contributed by atoms with van der Waals surface area (Å²) in [6, 6.07) is 5.67. The first-order valence-electron chi connectivity index (χ1n) is 6.16. The standard InChI is InChI=1S/C14H17FN4O/c1-3-8-17-14(16-4-2)18-10-13(20)19-12-7-5-6-11(15)9-12/h1,5-7,9H,4,8,10H2,2H3,(H,19,20)(H2,16,17,18). The quantitative estimate of drug-likeness (QED) is 0.426. The van der Waals surface area contributed by atoms with Crippen molar-refractivity contribution in [3.05, 3.63) is 30.1 Å². The zero-order chi connectivity index (χ0) is 14.8. The van der Waals surface area contributed by atoms with Crippen molar-refractivity contribution in [1.29, 1.82) is 0 Å². The van der Waals surface area contributed by atoms with Crippen LogP contribution in [0, 0.1) is 18.2 Å². The summed E-state index contributed by atoms with van der Waals surface area (Å²) >= 11 is 0. The third kappa shape index (κ3) is 5.87. The molecule has 106 valence electrons. The average molecular weight is 276 g/mol. The van der Waals surface area contributed by atoms with Gasteiger partial charge in [0, 0.05) is 12.2 Å². The molecule has 0 heterocycles. The van der Waals surface area contributed by atoms with Gasteiger partial charge in [0.1, 0.15) is 12.4 Å².